The molecule has 3 aromatic rings. The summed E-state index contributed by atoms with van der Waals surface area (Å²) in [5, 5.41) is 12.2. The molecule has 4 rings (SSSR count). The smallest absolute Gasteiger partial charge is 0.254 e. The predicted molar refractivity (Wildman–Crippen MR) is 106 cm³/mol. The molecule has 1 aliphatic rings. The second-order valence-corrected chi connectivity index (χ2v) is 6.97. The first-order valence-electron chi connectivity index (χ1n) is 9.15. The fourth-order valence-corrected chi connectivity index (χ4v) is 3.64. The van der Waals surface area contributed by atoms with Crippen LogP contribution < -0.4 is 15.4 Å². The predicted octanol–water partition coefficient (Wildman–Crippen LogP) is 3.37. The van der Waals surface area contributed by atoms with Gasteiger partial charge >= 0.3 is 0 Å². The van der Waals surface area contributed by atoms with Gasteiger partial charge in [-0.3, -0.25) is 14.7 Å². The largest absolute Gasteiger partial charge is 0.497 e. The third kappa shape index (κ3) is 3.49. The van der Waals surface area contributed by atoms with E-state index in [9.17, 15) is 18.4 Å². The van der Waals surface area contributed by atoms with Crippen LogP contribution in [-0.4, -0.2) is 29.1 Å². The molecule has 0 aliphatic carbocycles. The Balaban J connectivity index is 1.73. The van der Waals surface area contributed by atoms with Crippen LogP contribution in [0.2, 0.25) is 0 Å². The Bertz CT molecular complexity index is 1200. The number of ether oxygens (including phenoxy) is 1. The lowest BCUT2D eigenvalue weighted by Crippen LogP contribution is -2.35. The van der Waals surface area contributed by atoms with Crippen molar-refractivity contribution in [2.75, 3.05) is 12.4 Å². The Kier molecular flexibility index (Phi) is 4.94. The van der Waals surface area contributed by atoms with E-state index < -0.39 is 23.5 Å². The van der Waals surface area contributed by atoms with Gasteiger partial charge in [0, 0.05) is 35.1 Å². The first-order chi connectivity index (χ1) is 14.4. The van der Waals surface area contributed by atoms with E-state index in [-0.39, 0.29) is 34.8 Å². The van der Waals surface area contributed by atoms with Crippen LogP contribution in [0, 0.1) is 11.6 Å². The van der Waals surface area contributed by atoms with E-state index in [1.807, 2.05) is 0 Å². The molecule has 0 bridgehead atoms. The van der Waals surface area contributed by atoms with Crippen molar-refractivity contribution in [1.29, 1.82) is 0 Å². The van der Waals surface area contributed by atoms with Crippen molar-refractivity contribution in [3.8, 4) is 5.75 Å². The number of allylic oxidation sites excluding steroid dienone is 1. The lowest BCUT2D eigenvalue weighted by molar-refractivity contribution is -0.121. The summed E-state index contributed by atoms with van der Waals surface area (Å²) < 4.78 is 34.2. The topological polar surface area (TPSA) is 96.1 Å². The molecule has 0 radical (unpaired) electrons. The first kappa shape index (κ1) is 19.6. The van der Waals surface area contributed by atoms with Crippen molar-refractivity contribution in [3.05, 3.63) is 65.0 Å². The number of hydrogen-bond acceptors (Lipinski definition) is 4. The number of H-pyrrole nitrogens is 1. The molecule has 1 aromatic heterocycles. The zero-order valence-corrected chi connectivity index (χ0v) is 16.2. The van der Waals surface area contributed by atoms with Gasteiger partial charge in [-0.1, -0.05) is 0 Å². The highest BCUT2D eigenvalue weighted by atomic mass is 19.1. The zero-order chi connectivity index (χ0) is 21.4. The number of carbonyl (C=O) groups excluding carboxylic acids is 2. The number of amides is 2. The molecule has 3 N–H and O–H groups in total. The summed E-state index contributed by atoms with van der Waals surface area (Å²) in [6.07, 6.45) is 1.37. The number of nitrogens with zero attached hydrogens (tertiary/aromatic N) is 1. The Morgan fingerprint density at radius 3 is 2.80 bits per heavy atom. The normalized spacial score (nSPS) is 16.5. The number of fused-ring (bicyclic) bond motifs is 1. The number of hydrogen-bond donors (Lipinski definition) is 3. The molecule has 1 unspecified atom stereocenters. The van der Waals surface area contributed by atoms with Gasteiger partial charge in [0.2, 0.25) is 5.91 Å². The number of halogens is 2. The molecule has 0 saturated carbocycles. The van der Waals surface area contributed by atoms with Crippen LogP contribution >= 0.6 is 0 Å². The van der Waals surface area contributed by atoms with Crippen molar-refractivity contribution < 1.29 is 23.1 Å². The summed E-state index contributed by atoms with van der Waals surface area (Å²) in [5.41, 5.74) is 1.02. The molecule has 7 nitrogen and oxygen atoms in total. The van der Waals surface area contributed by atoms with Gasteiger partial charge in [0.15, 0.2) is 0 Å². The molecule has 0 fully saturated rings. The third-order valence-electron chi connectivity index (χ3n) is 5.07. The van der Waals surface area contributed by atoms with Crippen LogP contribution in [0.15, 0.2) is 47.8 Å². The number of carbonyl (C=O) groups is 2. The highest BCUT2D eigenvalue weighted by molar-refractivity contribution is 6.07. The average molecular weight is 412 g/mol. The minimum Gasteiger partial charge on any atom is -0.497 e. The second-order valence-electron chi connectivity index (χ2n) is 6.97. The quantitative estimate of drug-likeness (QED) is 0.612. The second kappa shape index (κ2) is 7.58. The number of anilines is 1. The molecule has 30 heavy (non-hydrogen) atoms. The monoisotopic (exact) mass is 412 g/mol. The summed E-state index contributed by atoms with van der Waals surface area (Å²) in [4.78, 5) is 25.2. The molecule has 2 aromatic carbocycles. The number of rotatable bonds is 4. The lowest BCUT2D eigenvalue weighted by Gasteiger charge is -2.27. The highest BCUT2D eigenvalue weighted by Crippen LogP contribution is 2.36. The summed E-state index contributed by atoms with van der Waals surface area (Å²) in [6, 6.07) is 6.80. The first-order valence-corrected chi connectivity index (χ1v) is 9.15. The number of aromatic amines is 1. The minimum absolute atomic E-state index is 0.0454. The molecular formula is C21H18F2N4O3. The molecule has 2 amide bonds. The zero-order valence-electron chi connectivity index (χ0n) is 16.2. The molecule has 154 valence electrons. The van der Waals surface area contributed by atoms with Gasteiger partial charge in [0.25, 0.3) is 5.91 Å². The maximum atomic E-state index is 14.6. The molecule has 1 aliphatic heterocycles. The van der Waals surface area contributed by atoms with Crippen LogP contribution in [0.1, 0.15) is 24.8 Å². The third-order valence-corrected chi connectivity index (χ3v) is 5.07. The van der Waals surface area contributed by atoms with Gasteiger partial charge in [-0.05, 0) is 36.8 Å². The number of benzene rings is 2. The van der Waals surface area contributed by atoms with E-state index >= 15 is 0 Å². The number of methoxy groups -OCH3 is 1. The maximum absolute atomic E-state index is 14.6. The van der Waals surface area contributed by atoms with E-state index in [0.717, 1.165) is 0 Å². The SMILES string of the molecule is COc1ccc(F)c(C2CC(=O)NC(C)=C2C(=O)Nc2cc3cn[nH]c3cc2F)c1. The van der Waals surface area contributed by atoms with Gasteiger partial charge in [0.05, 0.1) is 24.5 Å². The van der Waals surface area contributed by atoms with Crippen molar-refractivity contribution >= 4 is 28.4 Å². The molecule has 2 heterocycles. The molecule has 0 saturated heterocycles. The van der Waals surface area contributed by atoms with Crippen LogP contribution in [0.25, 0.3) is 10.9 Å². The van der Waals surface area contributed by atoms with Crippen molar-refractivity contribution in [1.82, 2.24) is 15.5 Å². The van der Waals surface area contributed by atoms with E-state index in [2.05, 4.69) is 20.8 Å². The average Bonchev–Trinajstić information content (AvgIpc) is 3.15. The lowest BCUT2D eigenvalue weighted by atomic mass is 9.83. The van der Waals surface area contributed by atoms with Crippen molar-refractivity contribution in [2.45, 2.75) is 19.3 Å². The molecule has 9 heteroatoms. The van der Waals surface area contributed by atoms with Crippen LogP contribution in [-0.2, 0) is 9.59 Å². The van der Waals surface area contributed by atoms with Crippen molar-refractivity contribution in [2.24, 2.45) is 0 Å². The van der Waals surface area contributed by atoms with Gasteiger partial charge in [-0.2, -0.15) is 5.10 Å². The fraction of sp³-hybridized carbons (Fsp3) is 0.190. The van der Waals surface area contributed by atoms with E-state index in [1.54, 1.807) is 6.92 Å². The van der Waals surface area contributed by atoms with Crippen molar-refractivity contribution in [3.63, 3.8) is 0 Å². The van der Waals surface area contributed by atoms with E-state index in [4.69, 9.17) is 4.74 Å². The Labute approximate surface area is 170 Å². The minimum atomic E-state index is -0.852. The van der Waals surface area contributed by atoms with Gasteiger partial charge in [0.1, 0.15) is 17.4 Å². The highest BCUT2D eigenvalue weighted by Gasteiger charge is 2.34. The number of nitrogens with one attached hydrogen (secondary N) is 3. The molecule has 0 spiro atoms. The summed E-state index contributed by atoms with van der Waals surface area (Å²) in [6.45, 7) is 1.55. The van der Waals surface area contributed by atoms with Gasteiger partial charge in [-0.15, -0.1) is 0 Å². The van der Waals surface area contributed by atoms with E-state index in [1.165, 1.54) is 43.6 Å². The van der Waals surface area contributed by atoms with Crippen LogP contribution in [0.4, 0.5) is 14.5 Å². The summed E-state index contributed by atoms with van der Waals surface area (Å²) in [5.74, 6) is -2.66. The summed E-state index contributed by atoms with van der Waals surface area (Å²) >= 11 is 0. The van der Waals surface area contributed by atoms with Gasteiger partial charge < -0.3 is 15.4 Å². The summed E-state index contributed by atoms with van der Waals surface area (Å²) in [7, 11) is 1.44. The van der Waals surface area contributed by atoms with Crippen LogP contribution in [0.3, 0.4) is 0 Å². The Hall–Kier alpha value is -3.75. The number of aromatic nitrogens is 2. The fourth-order valence-electron chi connectivity index (χ4n) is 3.64. The standard InChI is InChI=1S/C21H18F2N4O3/c1-10-20(21(29)26-18-5-11-9-24-27-17(11)8-16(18)23)14(7-19(28)25-10)13-6-12(30-2)3-4-15(13)22/h3-6,8-9,14H,7H2,1-2H3,(H,24,27)(H,25,28)(H,26,29). The Morgan fingerprint density at radius 1 is 1.23 bits per heavy atom. The van der Waals surface area contributed by atoms with E-state index in [0.29, 0.717) is 16.7 Å². The van der Waals surface area contributed by atoms with Gasteiger partial charge in [-0.25, -0.2) is 8.78 Å². The molecule has 1 atom stereocenters. The maximum Gasteiger partial charge on any atom is 0.254 e. The Morgan fingerprint density at radius 2 is 2.03 bits per heavy atom. The van der Waals surface area contributed by atoms with Crippen LogP contribution in [0.5, 0.6) is 5.75 Å². The molecular weight excluding hydrogens is 394 g/mol.